The number of hydrogen-bond acceptors (Lipinski definition) is 0. The molecule has 21 heavy (non-hydrogen) atoms. The quantitative estimate of drug-likeness (QED) is 0.560. The minimum Gasteiger partial charge on any atom is -0.0656 e. The number of rotatable bonds is 0. The summed E-state index contributed by atoms with van der Waals surface area (Å²) in [6.45, 7) is 0. The summed E-state index contributed by atoms with van der Waals surface area (Å²) in [5.74, 6) is 13.3. The third-order valence-electron chi connectivity index (χ3n) is 3.86. The van der Waals surface area contributed by atoms with E-state index >= 15 is 0 Å². The Balaban J connectivity index is 1.82. The molecule has 1 heteroatoms. The topological polar surface area (TPSA) is 0 Å². The van der Waals surface area contributed by atoms with Gasteiger partial charge < -0.3 is 0 Å². The largest absolute Gasteiger partial charge is 0.0656 e. The first-order valence-electron chi connectivity index (χ1n) is 7.51. The van der Waals surface area contributed by atoms with E-state index in [-0.39, 0.29) is 0 Å². The highest BCUT2D eigenvalue weighted by Gasteiger charge is 2.12. The third kappa shape index (κ3) is 3.69. The van der Waals surface area contributed by atoms with Crippen LogP contribution in [-0.2, 0) is 0 Å². The van der Waals surface area contributed by atoms with Crippen LogP contribution >= 0.6 is 15.9 Å². The van der Waals surface area contributed by atoms with Crippen LogP contribution < -0.4 is 0 Å². The summed E-state index contributed by atoms with van der Waals surface area (Å²) in [6, 6.07) is 10.2. The first-order chi connectivity index (χ1) is 10.3. The van der Waals surface area contributed by atoms with Crippen molar-refractivity contribution in [1.82, 2.24) is 0 Å². The van der Waals surface area contributed by atoms with Crippen LogP contribution in [-0.4, -0.2) is 0 Å². The van der Waals surface area contributed by atoms with E-state index in [0.717, 1.165) is 31.2 Å². The fraction of sp³-hybridized carbons (Fsp3) is 0.300. The van der Waals surface area contributed by atoms with Crippen molar-refractivity contribution in [2.45, 2.75) is 38.5 Å². The van der Waals surface area contributed by atoms with Gasteiger partial charge in [-0.2, -0.15) is 0 Å². The summed E-state index contributed by atoms with van der Waals surface area (Å²) in [5.41, 5.74) is 4.84. The van der Waals surface area contributed by atoms with Crippen LogP contribution in [0.15, 0.2) is 51.5 Å². The second-order valence-electron chi connectivity index (χ2n) is 5.41. The van der Waals surface area contributed by atoms with Crippen molar-refractivity contribution in [2.24, 2.45) is 0 Å². The maximum absolute atomic E-state index is 3.62. The van der Waals surface area contributed by atoms with Gasteiger partial charge in [-0.25, -0.2) is 0 Å². The Hall–Kier alpha value is -1.70. The lowest BCUT2D eigenvalue weighted by Gasteiger charge is -1.93. The molecular formula is C20H17Br. The molecule has 0 atom stereocenters. The Bertz CT molecular complexity index is 712. The van der Waals surface area contributed by atoms with Gasteiger partial charge in [0.25, 0.3) is 0 Å². The van der Waals surface area contributed by atoms with Gasteiger partial charge in [0, 0.05) is 26.8 Å². The molecule has 2 aliphatic rings. The molecule has 0 aliphatic heterocycles. The van der Waals surface area contributed by atoms with Gasteiger partial charge in [0.2, 0.25) is 0 Å². The second-order valence-corrected chi connectivity index (χ2v) is 6.37. The molecule has 0 bridgehead atoms. The maximum atomic E-state index is 3.62. The minimum atomic E-state index is 1.07. The van der Waals surface area contributed by atoms with Crippen molar-refractivity contribution < 1.29 is 0 Å². The van der Waals surface area contributed by atoms with E-state index in [1.54, 1.807) is 0 Å². The van der Waals surface area contributed by atoms with Crippen molar-refractivity contribution in [2.75, 3.05) is 0 Å². The van der Waals surface area contributed by atoms with Crippen molar-refractivity contribution in [3.8, 4) is 23.7 Å². The van der Waals surface area contributed by atoms with E-state index in [4.69, 9.17) is 0 Å². The fourth-order valence-corrected chi connectivity index (χ4v) is 3.25. The van der Waals surface area contributed by atoms with E-state index in [0.29, 0.717) is 0 Å². The van der Waals surface area contributed by atoms with Crippen LogP contribution in [0.4, 0.5) is 0 Å². The zero-order valence-electron chi connectivity index (χ0n) is 12.0. The summed E-state index contributed by atoms with van der Waals surface area (Å²) in [5, 5.41) is 0. The molecule has 0 spiro atoms. The van der Waals surface area contributed by atoms with Gasteiger partial charge in [-0.1, -0.05) is 57.8 Å². The molecule has 104 valence electrons. The number of allylic oxidation sites excluding steroid dienone is 4. The second kappa shape index (κ2) is 6.84. The average Bonchev–Trinajstić information content (AvgIpc) is 3.13. The van der Waals surface area contributed by atoms with Crippen molar-refractivity contribution in [3.63, 3.8) is 0 Å². The van der Waals surface area contributed by atoms with E-state index in [9.17, 15) is 0 Å². The lowest BCUT2D eigenvalue weighted by Crippen LogP contribution is -1.80. The molecule has 0 nitrogen and oxygen atoms in total. The van der Waals surface area contributed by atoms with Crippen LogP contribution in [0, 0.1) is 23.7 Å². The molecule has 0 saturated heterocycles. The number of benzene rings is 1. The molecule has 2 aliphatic carbocycles. The van der Waals surface area contributed by atoms with Gasteiger partial charge in [0.15, 0.2) is 0 Å². The Morgan fingerprint density at radius 2 is 1.24 bits per heavy atom. The Kier molecular flexibility index (Phi) is 4.64. The normalized spacial score (nSPS) is 17.4. The van der Waals surface area contributed by atoms with Crippen LogP contribution in [0.5, 0.6) is 0 Å². The molecule has 0 unspecified atom stereocenters. The van der Waals surface area contributed by atoms with E-state index in [1.165, 1.54) is 34.0 Å². The van der Waals surface area contributed by atoms with Crippen LogP contribution in [0.1, 0.15) is 44.1 Å². The summed E-state index contributed by atoms with van der Waals surface area (Å²) in [7, 11) is 0. The fourth-order valence-electron chi connectivity index (χ4n) is 2.68. The van der Waals surface area contributed by atoms with Crippen LogP contribution in [0.25, 0.3) is 0 Å². The summed E-state index contributed by atoms with van der Waals surface area (Å²) < 4.78 is 1.30. The van der Waals surface area contributed by atoms with Crippen LogP contribution in [0.3, 0.4) is 0 Å². The highest BCUT2D eigenvalue weighted by atomic mass is 79.9. The smallest absolute Gasteiger partial charge is 0.0248 e. The molecular weight excluding hydrogens is 320 g/mol. The molecule has 3 rings (SSSR count). The number of halogens is 1. The zero-order valence-corrected chi connectivity index (χ0v) is 13.6. The number of hydrogen-bond donors (Lipinski definition) is 0. The molecule has 0 N–H and O–H groups in total. The van der Waals surface area contributed by atoms with Gasteiger partial charge in [0.05, 0.1) is 0 Å². The lowest BCUT2D eigenvalue weighted by atomic mass is 10.1. The molecule has 0 saturated carbocycles. The average molecular weight is 337 g/mol. The third-order valence-corrected chi connectivity index (χ3v) is 4.74. The molecule has 1 aromatic carbocycles. The molecule has 0 aromatic heterocycles. The first-order valence-corrected chi connectivity index (χ1v) is 8.31. The van der Waals surface area contributed by atoms with Crippen LogP contribution in [0.2, 0.25) is 0 Å². The Labute approximate surface area is 135 Å². The molecule has 0 amide bonds. The predicted molar refractivity (Wildman–Crippen MR) is 91.8 cm³/mol. The highest BCUT2D eigenvalue weighted by molar-refractivity contribution is 9.11. The predicted octanol–water partition coefficient (Wildman–Crippen LogP) is 5.35. The van der Waals surface area contributed by atoms with Crippen molar-refractivity contribution in [1.29, 1.82) is 0 Å². The zero-order chi connectivity index (χ0) is 14.5. The monoisotopic (exact) mass is 336 g/mol. The summed E-state index contributed by atoms with van der Waals surface area (Å²) >= 11 is 3.62. The van der Waals surface area contributed by atoms with Crippen molar-refractivity contribution >= 4 is 15.9 Å². The van der Waals surface area contributed by atoms with Gasteiger partial charge in [-0.15, -0.1) is 0 Å². The van der Waals surface area contributed by atoms with Gasteiger partial charge in [-0.3, -0.25) is 0 Å². The van der Waals surface area contributed by atoms with Gasteiger partial charge in [0.1, 0.15) is 0 Å². The van der Waals surface area contributed by atoms with Gasteiger partial charge >= 0.3 is 0 Å². The highest BCUT2D eigenvalue weighted by Crippen LogP contribution is 2.30. The Morgan fingerprint density at radius 1 is 0.667 bits per heavy atom. The van der Waals surface area contributed by atoms with Gasteiger partial charge in [-0.05, 0) is 50.7 Å². The van der Waals surface area contributed by atoms with Crippen molar-refractivity contribution in [3.05, 3.63) is 57.1 Å². The maximum Gasteiger partial charge on any atom is 0.0248 e. The SMILES string of the molecule is BrC1=C(C#CC2=C(C#Cc3ccccc3)CCC2)CCC1. The van der Waals surface area contributed by atoms with E-state index < -0.39 is 0 Å². The summed E-state index contributed by atoms with van der Waals surface area (Å²) in [6.07, 6.45) is 6.82. The lowest BCUT2D eigenvalue weighted by molar-refractivity contribution is 0.910. The molecule has 0 heterocycles. The molecule has 0 radical (unpaired) electrons. The molecule has 1 aromatic rings. The standard InChI is InChI=1S/C20H17Br/c21-20-11-5-10-19(20)15-14-18-9-4-8-17(18)13-12-16-6-2-1-3-7-16/h1-3,6-7H,4-5,8-11H2. The van der Waals surface area contributed by atoms with E-state index in [1.807, 2.05) is 30.3 Å². The summed E-state index contributed by atoms with van der Waals surface area (Å²) in [4.78, 5) is 0. The minimum absolute atomic E-state index is 1.07. The Morgan fingerprint density at radius 3 is 1.90 bits per heavy atom. The van der Waals surface area contributed by atoms with E-state index in [2.05, 4.69) is 39.6 Å². The first kappa shape index (κ1) is 14.2. The molecule has 0 fully saturated rings.